The Bertz CT molecular complexity index is 408. The summed E-state index contributed by atoms with van der Waals surface area (Å²) in [6, 6.07) is 2.31. The van der Waals surface area contributed by atoms with E-state index in [1.165, 1.54) is 12.8 Å². The minimum absolute atomic E-state index is 0.101. The maximum atomic E-state index is 6.04. The number of aryl methyl sites for hydroxylation is 1. The van der Waals surface area contributed by atoms with Crippen LogP contribution in [0.1, 0.15) is 57.7 Å². The molecule has 1 N–H and O–H groups in total. The van der Waals surface area contributed by atoms with E-state index in [2.05, 4.69) is 30.3 Å². The number of rotatable bonds is 6. The van der Waals surface area contributed by atoms with Crippen molar-refractivity contribution in [1.29, 1.82) is 0 Å². The lowest BCUT2D eigenvalue weighted by atomic mass is 9.74. The monoisotopic (exact) mass is 279 g/mol. The Kier molecular flexibility index (Phi) is 5.22. The Morgan fingerprint density at radius 1 is 1.50 bits per heavy atom. The molecule has 4 heteroatoms. The van der Waals surface area contributed by atoms with E-state index in [1.807, 2.05) is 25.0 Å². The molecule has 1 aromatic heterocycles. The van der Waals surface area contributed by atoms with Gasteiger partial charge in [-0.25, -0.2) is 0 Å². The van der Waals surface area contributed by atoms with E-state index in [0.29, 0.717) is 0 Å². The number of nitrogens with zero attached hydrogens (tertiary/aromatic N) is 2. The smallest absolute Gasteiger partial charge is 0.0888 e. The molecule has 1 aromatic rings. The van der Waals surface area contributed by atoms with Crippen molar-refractivity contribution in [1.82, 2.24) is 15.1 Å². The van der Waals surface area contributed by atoms with Crippen molar-refractivity contribution in [3.05, 3.63) is 18.0 Å². The van der Waals surface area contributed by atoms with Crippen LogP contribution in [0.5, 0.6) is 0 Å². The molecule has 1 unspecified atom stereocenters. The van der Waals surface area contributed by atoms with Crippen LogP contribution >= 0.6 is 0 Å². The molecule has 114 valence electrons. The average Bonchev–Trinajstić information content (AvgIpc) is 2.88. The van der Waals surface area contributed by atoms with Gasteiger partial charge in [0.1, 0.15) is 0 Å². The molecule has 1 heterocycles. The third-order valence-corrected chi connectivity index (χ3v) is 4.68. The van der Waals surface area contributed by atoms with E-state index in [-0.39, 0.29) is 11.6 Å². The first-order chi connectivity index (χ1) is 9.61. The Morgan fingerprint density at radius 2 is 2.20 bits per heavy atom. The zero-order valence-electron chi connectivity index (χ0n) is 13.4. The minimum atomic E-state index is -0.101. The van der Waals surface area contributed by atoms with E-state index in [4.69, 9.17) is 4.74 Å². The summed E-state index contributed by atoms with van der Waals surface area (Å²) >= 11 is 0. The van der Waals surface area contributed by atoms with Gasteiger partial charge in [0, 0.05) is 20.4 Å². The summed E-state index contributed by atoms with van der Waals surface area (Å²) in [7, 11) is 3.84. The van der Waals surface area contributed by atoms with Crippen molar-refractivity contribution >= 4 is 0 Å². The molecule has 1 saturated carbocycles. The number of ether oxygens (including phenoxy) is 1. The summed E-state index contributed by atoms with van der Waals surface area (Å²) in [6.45, 7) is 5.54. The summed E-state index contributed by atoms with van der Waals surface area (Å²) in [5.74, 6) is 0.814. The highest BCUT2D eigenvalue weighted by Gasteiger charge is 2.43. The fourth-order valence-electron chi connectivity index (χ4n) is 3.30. The predicted molar refractivity (Wildman–Crippen MR) is 81.6 cm³/mol. The number of hydrogen-bond acceptors (Lipinski definition) is 3. The van der Waals surface area contributed by atoms with Crippen LogP contribution in [0, 0.1) is 5.92 Å². The van der Waals surface area contributed by atoms with Crippen molar-refractivity contribution in [2.24, 2.45) is 13.0 Å². The predicted octanol–water partition coefficient (Wildman–Crippen LogP) is 3.06. The maximum absolute atomic E-state index is 6.04. The van der Waals surface area contributed by atoms with Crippen molar-refractivity contribution < 1.29 is 4.74 Å². The van der Waals surface area contributed by atoms with Crippen LogP contribution in [-0.4, -0.2) is 29.0 Å². The number of hydrogen-bond donors (Lipinski definition) is 1. The second kappa shape index (κ2) is 6.72. The molecule has 2 rings (SSSR count). The third kappa shape index (κ3) is 3.23. The molecule has 1 atom stereocenters. The van der Waals surface area contributed by atoms with E-state index < -0.39 is 0 Å². The Hall–Kier alpha value is -0.870. The molecule has 1 aliphatic carbocycles. The maximum Gasteiger partial charge on any atom is 0.0888 e. The fraction of sp³-hybridized carbons (Fsp3) is 0.812. The van der Waals surface area contributed by atoms with E-state index in [0.717, 1.165) is 37.4 Å². The standard InChI is InChI=1S/C16H29N3O/c1-5-11-17-15(14-8-12-19(3)18-14)16(20-4)9-6-13(2)7-10-16/h8,12-13,15,17H,5-7,9-11H2,1-4H3. The summed E-state index contributed by atoms with van der Waals surface area (Å²) in [5.41, 5.74) is 1.01. The summed E-state index contributed by atoms with van der Waals surface area (Å²) in [6.07, 6.45) is 7.85. The summed E-state index contributed by atoms with van der Waals surface area (Å²) < 4.78 is 7.92. The molecule has 0 saturated heterocycles. The molecule has 20 heavy (non-hydrogen) atoms. The van der Waals surface area contributed by atoms with Crippen LogP contribution in [0.2, 0.25) is 0 Å². The summed E-state index contributed by atoms with van der Waals surface area (Å²) in [4.78, 5) is 0. The first-order valence-corrected chi connectivity index (χ1v) is 7.89. The first kappa shape index (κ1) is 15.5. The molecule has 1 fully saturated rings. The van der Waals surface area contributed by atoms with Gasteiger partial charge >= 0.3 is 0 Å². The zero-order valence-corrected chi connectivity index (χ0v) is 13.4. The molecule has 0 aromatic carbocycles. The molecular weight excluding hydrogens is 250 g/mol. The largest absolute Gasteiger partial charge is 0.376 e. The van der Waals surface area contributed by atoms with Gasteiger partial charge in [0.15, 0.2) is 0 Å². The molecule has 0 spiro atoms. The quantitative estimate of drug-likeness (QED) is 0.870. The second-order valence-electron chi connectivity index (χ2n) is 6.25. The Labute approximate surface area is 122 Å². The van der Waals surface area contributed by atoms with Crippen molar-refractivity contribution in [3.8, 4) is 0 Å². The lowest BCUT2D eigenvalue weighted by molar-refractivity contribution is -0.0770. The van der Waals surface area contributed by atoms with Crippen LogP contribution in [0.4, 0.5) is 0 Å². The van der Waals surface area contributed by atoms with Crippen molar-refractivity contribution in [2.75, 3.05) is 13.7 Å². The van der Waals surface area contributed by atoms with Crippen molar-refractivity contribution in [2.45, 2.75) is 57.6 Å². The lowest BCUT2D eigenvalue weighted by Gasteiger charge is -2.43. The Morgan fingerprint density at radius 3 is 2.70 bits per heavy atom. The highest BCUT2D eigenvalue weighted by molar-refractivity contribution is 5.13. The Balaban J connectivity index is 2.23. The molecule has 4 nitrogen and oxygen atoms in total. The molecule has 0 amide bonds. The third-order valence-electron chi connectivity index (χ3n) is 4.68. The lowest BCUT2D eigenvalue weighted by Crippen LogP contribution is -2.48. The van der Waals surface area contributed by atoms with Gasteiger partial charge in [-0.3, -0.25) is 4.68 Å². The fourth-order valence-corrected chi connectivity index (χ4v) is 3.30. The van der Waals surface area contributed by atoms with Gasteiger partial charge in [-0.1, -0.05) is 13.8 Å². The highest BCUT2D eigenvalue weighted by atomic mass is 16.5. The molecule has 0 bridgehead atoms. The number of methoxy groups -OCH3 is 1. The van der Waals surface area contributed by atoms with Crippen LogP contribution in [-0.2, 0) is 11.8 Å². The number of aromatic nitrogens is 2. The molecule has 0 radical (unpaired) electrons. The van der Waals surface area contributed by atoms with Gasteiger partial charge in [-0.2, -0.15) is 5.10 Å². The minimum Gasteiger partial charge on any atom is -0.376 e. The van der Waals surface area contributed by atoms with Gasteiger partial charge in [-0.05, 0) is 50.6 Å². The second-order valence-corrected chi connectivity index (χ2v) is 6.25. The topological polar surface area (TPSA) is 39.1 Å². The molecule has 0 aliphatic heterocycles. The summed E-state index contributed by atoms with van der Waals surface area (Å²) in [5, 5.41) is 8.30. The highest BCUT2D eigenvalue weighted by Crippen LogP contribution is 2.42. The normalized spacial score (nSPS) is 28.5. The van der Waals surface area contributed by atoms with Gasteiger partial charge in [0.2, 0.25) is 0 Å². The van der Waals surface area contributed by atoms with E-state index in [9.17, 15) is 0 Å². The SMILES string of the molecule is CCCNC(c1ccn(C)n1)C1(OC)CCC(C)CC1. The van der Waals surface area contributed by atoms with E-state index in [1.54, 1.807) is 0 Å². The number of nitrogens with one attached hydrogen (secondary N) is 1. The van der Waals surface area contributed by atoms with Crippen LogP contribution in [0.25, 0.3) is 0 Å². The molecule has 1 aliphatic rings. The first-order valence-electron chi connectivity index (χ1n) is 7.89. The van der Waals surface area contributed by atoms with Gasteiger partial charge < -0.3 is 10.1 Å². The zero-order chi connectivity index (χ0) is 14.6. The van der Waals surface area contributed by atoms with Crippen LogP contribution in [0.15, 0.2) is 12.3 Å². The van der Waals surface area contributed by atoms with Gasteiger partial charge in [0.05, 0.1) is 17.3 Å². The van der Waals surface area contributed by atoms with E-state index >= 15 is 0 Å². The van der Waals surface area contributed by atoms with Gasteiger partial charge in [-0.15, -0.1) is 0 Å². The average molecular weight is 279 g/mol. The van der Waals surface area contributed by atoms with Crippen molar-refractivity contribution in [3.63, 3.8) is 0 Å². The van der Waals surface area contributed by atoms with Gasteiger partial charge in [0.25, 0.3) is 0 Å². The van der Waals surface area contributed by atoms with Crippen LogP contribution in [0.3, 0.4) is 0 Å². The molecular formula is C16H29N3O. The van der Waals surface area contributed by atoms with Crippen LogP contribution < -0.4 is 5.32 Å².